The maximum Gasteiger partial charge on any atom is 0.229 e. The van der Waals surface area contributed by atoms with Crippen LogP contribution < -0.4 is 4.72 Å². The van der Waals surface area contributed by atoms with E-state index >= 15 is 0 Å². The Kier molecular flexibility index (Phi) is 5.20. The lowest BCUT2D eigenvalue weighted by atomic mass is 9.87. The number of aliphatic hydroxyl groups excluding tert-OH is 1. The number of sulfonamides is 1. The minimum Gasteiger partial charge on any atom is -0.394 e. The maximum absolute atomic E-state index is 14.3. The lowest BCUT2D eigenvalue weighted by Gasteiger charge is -2.34. The highest BCUT2D eigenvalue weighted by atomic mass is 35.5. The van der Waals surface area contributed by atoms with Gasteiger partial charge in [-0.25, -0.2) is 12.8 Å². The van der Waals surface area contributed by atoms with E-state index in [4.69, 9.17) is 11.6 Å². The fourth-order valence-electron chi connectivity index (χ4n) is 3.42. The quantitative estimate of drug-likeness (QED) is 0.646. The number of rotatable bonds is 6. The molecule has 5 nitrogen and oxygen atoms in total. The van der Waals surface area contributed by atoms with Gasteiger partial charge in [-0.1, -0.05) is 30.7 Å². The Morgan fingerprint density at radius 2 is 1.89 bits per heavy atom. The molecule has 0 amide bonds. The summed E-state index contributed by atoms with van der Waals surface area (Å²) in [6, 6.07) is 11.3. The van der Waals surface area contributed by atoms with Crippen LogP contribution in [0.2, 0.25) is 5.02 Å². The first-order valence-corrected chi connectivity index (χ1v) is 10.6. The molecule has 0 aliphatic rings. The molecule has 1 unspecified atom stereocenters. The van der Waals surface area contributed by atoms with Gasteiger partial charge in [0, 0.05) is 16.6 Å². The molecule has 1 heterocycles. The molecule has 1 atom stereocenters. The van der Waals surface area contributed by atoms with Gasteiger partial charge < -0.3 is 9.67 Å². The molecule has 0 saturated carbocycles. The Bertz CT molecular complexity index is 1070. The number of anilines is 1. The van der Waals surface area contributed by atoms with E-state index in [0.717, 1.165) is 17.9 Å². The van der Waals surface area contributed by atoms with Crippen molar-refractivity contribution in [3.05, 3.63) is 65.1 Å². The van der Waals surface area contributed by atoms with Crippen LogP contribution in [0, 0.1) is 5.82 Å². The summed E-state index contributed by atoms with van der Waals surface area (Å²) in [7, 11) is -3.57. The Labute approximate surface area is 162 Å². The molecule has 8 heteroatoms. The summed E-state index contributed by atoms with van der Waals surface area (Å²) in [5.74, 6) is -0.576. The van der Waals surface area contributed by atoms with Crippen molar-refractivity contribution in [1.82, 2.24) is 4.57 Å². The van der Waals surface area contributed by atoms with E-state index < -0.39 is 21.4 Å². The number of nitrogens with zero attached hydrogens (tertiary/aromatic N) is 1. The molecule has 0 saturated heterocycles. The fraction of sp³-hybridized carbons (Fsp3) is 0.263. The van der Waals surface area contributed by atoms with Crippen molar-refractivity contribution in [3.63, 3.8) is 0 Å². The highest BCUT2D eigenvalue weighted by Gasteiger charge is 2.33. The first-order valence-electron chi connectivity index (χ1n) is 8.36. The zero-order valence-corrected chi connectivity index (χ0v) is 16.5. The number of nitrogens with one attached hydrogen (secondary N) is 1. The standard InChI is InChI=1S/C19H20ClFN2O3S/c1-3-19(12-24,13-4-6-14(20)7-5-13)23-9-8-16-17(22-27(2,25)26)10-15(21)11-18(16)23/h4-11,22,24H,3,12H2,1-2H3. The second-order valence-electron chi connectivity index (χ2n) is 6.50. The van der Waals surface area contributed by atoms with Crippen molar-refractivity contribution < 1.29 is 17.9 Å². The van der Waals surface area contributed by atoms with E-state index in [0.29, 0.717) is 22.3 Å². The van der Waals surface area contributed by atoms with Crippen LogP contribution in [0.3, 0.4) is 0 Å². The Morgan fingerprint density at radius 1 is 1.22 bits per heavy atom. The van der Waals surface area contributed by atoms with Crippen LogP contribution in [0.4, 0.5) is 10.1 Å². The average molecular weight is 411 g/mol. The van der Waals surface area contributed by atoms with Gasteiger partial charge in [0.25, 0.3) is 0 Å². The van der Waals surface area contributed by atoms with Crippen LogP contribution in [-0.2, 0) is 15.6 Å². The first-order chi connectivity index (χ1) is 12.7. The zero-order valence-electron chi connectivity index (χ0n) is 14.9. The van der Waals surface area contributed by atoms with Crippen molar-refractivity contribution in [2.75, 3.05) is 17.6 Å². The fourth-order valence-corrected chi connectivity index (χ4v) is 4.11. The summed E-state index contributed by atoms with van der Waals surface area (Å²) in [4.78, 5) is 0. The SMILES string of the molecule is CCC(CO)(c1ccc(Cl)cc1)n1ccc2c(NS(C)(=O)=O)cc(F)cc21. The Morgan fingerprint density at radius 3 is 2.44 bits per heavy atom. The highest BCUT2D eigenvalue weighted by molar-refractivity contribution is 7.92. The van der Waals surface area contributed by atoms with Crippen LogP contribution >= 0.6 is 11.6 Å². The monoisotopic (exact) mass is 410 g/mol. The van der Waals surface area contributed by atoms with Gasteiger partial charge in [-0.3, -0.25) is 4.72 Å². The molecule has 3 aromatic rings. The predicted molar refractivity (Wildman–Crippen MR) is 106 cm³/mol. The normalized spacial score (nSPS) is 14.3. The predicted octanol–water partition coefficient (Wildman–Crippen LogP) is 3.95. The number of halogens is 2. The molecular formula is C19H20ClFN2O3S. The molecule has 0 aliphatic carbocycles. The van der Waals surface area contributed by atoms with Gasteiger partial charge in [-0.05, 0) is 42.3 Å². The molecule has 0 bridgehead atoms. The van der Waals surface area contributed by atoms with Crippen LogP contribution in [-0.4, -0.2) is 31.0 Å². The molecule has 0 spiro atoms. The van der Waals surface area contributed by atoms with E-state index in [9.17, 15) is 17.9 Å². The van der Waals surface area contributed by atoms with Gasteiger partial charge in [0.1, 0.15) is 5.82 Å². The van der Waals surface area contributed by atoms with E-state index in [1.54, 1.807) is 29.0 Å². The van der Waals surface area contributed by atoms with Crippen LogP contribution in [0.5, 0.6) is 0 Å². The Hall–Kier alpha value is -2.09. The van der Waals surface area contributed by atoms with Crippen molar-refractivity contribution in [3.8, 4) is 0 Å². The Balaban J connectivity index is 2.27. The number of aliphatic hydroxyl groups is 1. The lowest BCUT2D eigenvalue weighted by Crippen LogP contribution is -2.37. The second-order valence-corrected chi connectivity index (χ2v) is 8.68. The summed E-state index contributed by atoms with van der Waals surface area (Å²) >= 11 is 5.99. The molecule has 2 aromatic carbocycles. The van der Waals surface area contributed by atoms with Crippen molar-refractivity contribution in [2.45, 2.75) is 18.9 Å². The van der Waals surface area contributed by atoms with Gasteiger partial charge in [-0.2, -0.15) is 0 Å². The number of fused-ring (bicyclic) bond motifs is 1. The highest BCUT2D eigenvalue weighted by Crippen LogP contribution is 2.36. The summed E-state index contributed by atoms with van der Waals surface area (Å²) in [6.45, 7) is 1.70. The summed E-state index contributed by atoms with van der Waals surface area (Å²) in [5.41, 5.74) is 0.608. The summed E-state index contributed by atoms with van der Waals surface area (Å²) in [5, 5.41) is 11.4. The minimum absolute atomic E-state index is 0.158. The molecule has 0 radical (unpaired) electrons. The molecule has 144 valence electrons. The van der Waals surface area contributed by atoms with Crippen molar-refractivity contribution >= 4 is 38.2 Å². The van der Waals surface area contributed by atoms with Gasteiger partial charge >= 0.3 is 0 Å². The molecule has 0 aliphatic heterocycles. The van der Waals surface area contributed by atoms with E-state index in [-0.39, 0.29) is 12.3 Å². The molecule has 27 heavy (non-hydrogen) atoms. The number of hydrogen-bond acceptors (Lipinski definition) is 3. The van der Waals surface area contributed by atoms with E-state index in [2.05, 4.69) is 4.72 Å². The van der Waals surface area contributed by atoms with Crippen LogP contribution in [0.15, 0.2) is 48.7 Å². The van der Waals surface area contributed by atoms with Gasteiger partial charge in [-0.15, -0.1) is 0 Å². The number of benzene rings is 2. The van der Waals surface area contributed by atoms with Crippen LogP contribution in [0.25, 0.3) is 10.9 Å². The average Bonchev–Trinajstić information content (AvgIpc) is 3.01. The van der Waals surface area contributed by atoms with Gasteiger partial charge in [0.2, 0.25) is 10.0 Å². The number of aromatic nitrogens is 1. The second kappa shape index (κ2) is 7.14. The molecule has 2 N–H and O–H groups in total. The molecule has 3 rings (SSSR count). The molecule has 0 fully saturated rings. The van der Waals surface area contributed by atoms with E-state index in [1.807, 2.05) is 19.1 Å². The minimum atomic E-state index is -3.57. The smallest absolute Gasteiger partial charge is 0.229 e. The zero-order chi connectivity index (χ0) is 19.8. The first kappa shape index (κ1) is 19.7. The van der Waals surface area contributed by atoms with E-state index in [1.165, 1.54) is 6.07 Å². The van der Waals surface area contributed by atoms with Crippen molar-refractivity contribution in [2.24, 2.45) is 0 Å². The van der Waals surface area contributed by atoms with Crippen LogP contribution in [0.1, 0.15) is 18.9 Å². The number of hydrogen-bond donors (Lipinski definition) is 2. The molecule has 1 aromatic heterocycles. The largest absolute Gasteiger partial charge is 0.394 e. The summed E-state index contributed by atoms with van der Waals surface area (Å²) in [6.07, 6.45) is 3.27. The van der Waals surface area contributed by atoms with Crippen molar-refractivity contribution in [1.29, 1.82) is 0 Å². The third-order valence-electron chi connectivity index (χ3n) is 4.76. The maximum atomic E-state index is 14.3. The van der Waals surface area contributed by atoms with Gasteiger partial charge in [0.05, 0.1) is 29.6 Å². The molecular weight excluding hydrogens is 391 g/mol. The topological polar surface area (TPSA) is 71.3 Å². The third kappa shape index (κ3) is 3.67. The summed E-state index contributed by atoms with van der Waals surface area (Å²) < 4.78 is 41.6. The third-order valence-corrected chi connectivity index (χ3v) is 5.60. The lowest BCUT2D eigenvalue weighted by molar-refractivity contribution is 0.165. The van der Waals surface area contributed by atoms with Gasteiger partial charge in [0.15, 0.2) is 0 Å².